The van der Waals surface area contributed by atoms with Crippen molar-refractivity contribution in [1.82, 2.24) is 20.2 Å². The normalized spacial score (nSPS) is 17.1. The lowest BCUT2D eigenvalue weighted by atomic mass is 9.89. The van der Waals surface area contributed by atoms with Crippen molar-refractivity contribution in [3.63, 3.8) is 0 Å². The fraction of sp³-hybridized carbons (Fsp3) is 0.583. The Kier molecular flexibility index (Phi) is 3.27. The number of nitrogen functional groups attached to an aromatic ring is 1. The number of H-pyrrole nitrogens is 1. The molecule has 0 amide bonds. The Morgan fingerprint density at radius 3 is 2.83 bits per heavy atom. The zero-order valence-electron chi connectivity index (χ0n) is 10.2. The SMILES string of the molecule is Nc1nc(Cc2nc(C3CCCCC3)n[nH]2)cs1. The summed E-state index contributed by atoms with van der Waals surface area (Å²) in [5.41, 5.74) is 6.58. The molecule has 96 valence electrons. The second kappa shape index (κ2) is 5.06. The molecule has 2 aromatic heterocycles. The molecule has 1 saturated carbocycles. The molecule has 0 aromatic carbocycles. The topological polar surface area (TPSA) is 80.5 Å². The van der Waals surface area contributed by atoms with Crippen LogP contribution in [0.15, 0.2) is 5.38 Å². The van der Waals surface area contributed by atoms with Crippen molar-refractivity contribution >= 4 is 16.5 Å². The minimum Gasteiger partial charge on any atom is -0.375 e. The first-order chi connectivity index (χ1) is 8.81. The van der Waals surface area contributed by atoms with Crippen LogP contribution >= 0.6 is 11.3 Å². The Bertz CT molecular complexity index is 512. The molecule has 0 radical (unpaired) electrons. The van der Waals surface area contributed by atoms with E-state index in [2.05, 4.69) is 20.2 Å². The van der Waals surface area contributed by atoms with Gasteiger partial charge in [-0.15, -0.1) is 11.3 Å². The molecular weight excluding hydrogens is 246 g/mol. The Morgan fingerprint density at radius 1 is 1.28 bits per heavy atom. The van der Waals surface area contributed by atoms with Crippen LogP contribution < -0.4 is 5.73 Å². The number of nitrogens with zero attached hydrogens (tertiary/aromatic N) is 3. The summed E-state index contributed by atoms with van der Waals surface area (Å²) in [6.07, 6.45) is 7.09. The van der Waals surface area contributed by atoms with E-state index in [1.807, 2.05) is 5.38 Å². The average Bonchev–Trinajstić information content (AvgIpc) is 3.01. The molecule has 5 nitrogen and oxygen atoms in total. The van der Waals surface area contributed by atoms with Crippen LogP contribution in [0.2, 0.25) is 0 Å². The summed E-state index contributed by atoms with van der Waals surface area (Å²) in [6.45, 7) is 0. The van der Waals surface area contributed by atoms with Crippen molar-refractivity contribution in [2.24, 2.45) is 0 Å². The highest BCUT2D eigenvalue weighted by Crippen LogP contribution is 2.30. The van der Waals surface area contributed by atoms with E-state index in [-0.39, 0.29) is 0 Å². The van der Waals surface area contributed by atoms with Gasteiger partial charge in [-0.1, -0.05) is 19.3 Å². The molecule has 2 aromatic rings. The van der Waals surface area contributed by atoms with Crippen molar-refractivity contribution in [1.29, 1.82) is 0 Å². The fourth-order valence-corrected chi connectivity index (χ4v) is 3.07. The van der Waals surface area contributed by atoms with E-state index in [0.29, 0.717) is 17.5 Å². The highest BCUT2D eigenvalue weighted by molar-refractivity contribution is 7.13. The molecular formula is C12H17N5S. The van der Waals surface area contributed by atoms with E-state index in [1.165, 1.54) is 43.4 Å². The first kappa shape index (κ1) is 11.6. The molecule has 0 bridgehead atoms. The number of nitrogens with two attached hydrogens (primary N) is 1. The van der Waals surface area contributed by atoms with E-state index in [9.17, 15) is 0 Å². The van der Waals surface area contributed by atoms with Gasteiger partial charge in [0.2, 0.25) is 0 Å². The fourth-order valence-electron chi connectivity index (χ4n) is 2.51. The summed E-state index contributed by atoms with van der Waals surface area (Å²) in [7, 11) is 0. The van der Waals surface area contributed by atoms with Crippen LogP contribution in [-0.2, 0) is 6.42 Å². The van der Waals surface area contributed by atoms with Crippen LogP contribution in [-0.4, -0.2) is 20.2 Å². The summed E-state index contributed by atoms with van der Waals surface area (Å²) in [5, 5.41) is 9.95. The highest BCUT2D eigenvalue weighted by atomic mass is 32.1. The molecule has 1 aliphatic carbocycles. The Hall–Kier alpha value is -1.43. The van der Waals surface area contributed by atoms with Crippen molar-refractivity contribution in [2.45, 2.75) is 44.4 Å². The van der Waals surface area contributed by atoms with Gasteiger partial charge in [0.05, 0.1) is 12.1 Å². The number of aromatic nitrogens is 4. The summed E-state index contributed by atoms with van der Waals surface area (Å²) < 4.78 is 0. The number of thiazole rings is 1. The van der Waals surface area contributed by atoms with Crippen LogP contribution in [0.25, 0.3) is 0 Å². The molecule has 0 spiro atoms. The Labute approximate surface area is 110 Å². The predicted molar refractivity (Wildman–Crippen MR) is 71.5 cm³/mol. The lowest BCUT2D eigenvalue weighted by Gasteiger charge is -2.17. The van der Waals surface area contributed by atoms with Crippen LogP contribution in [0.3, 0.4) is 0 Å². The molecule has 2 heterocycles. The average molecular weight is 263 g/mol. The van der Waals surface area contributed by atoms with Crippen LogP contribution in [0.1, 0.15) is 55.4 Å². The first-order valence-electron chi connectivity index (χ1n) is 6.42. The minimum absolute atomic E-state index is 0.546. The zero-order chi connectivity index (χ0) is 12.4. The monoisotopic (exact) mass is 263 g/mol. The van der Waals surface area contributed by atoms with Gasteiger partial charge in [0, 0.05) is 11.3 Å². The lowest BCUT2D eigenvalue weighted by Crippen LogP contribution is -2.06. The molecule has 3 N–H and O–H groups in total. The van der Waals surface area contributed by atoms with Crippen LogP contribution in [0.5, 0.6) is 0 Å². The number of hydrogen-bond acceptors (Lipinski definition) is 5. The molecule has 1 aliphatic rings. The van der Waals surface area contributed by atoms with Crippen LogP contribution in [0, 0.1) is 0 Å². The quantitative estimate of drug-likeness (QED) is 0.891. The third-order valence-corrected chi connectivity index (χ3v) is 4.16. The molecule has 0 aliphatic heterocycles. The minimum atomic E-state index is 0.546. The number of rotatable bonds is 3. The highest BCUT2D eigenvalue weighted by Gasteiger charge is 2.19. The lowest BCUT2D eigenvalue weighted by molar-refractivity contribution is 0.429. The summed E-state index contributed by atoms with van der Waals surface area (Å²) in [4.78, 5) is 8.83. The van der Waals surface area contributed by atoms with Gasteiger partial charge in [0.1, 0.15) is 5.82 Å². The maximum absolute atomic E-state index is 5.62. The van der Waals surface area contributed by atoms with E-state index in [0.717, 1.165) is 17.3 Å². The predicted octanol–water partition coefficient (Wildman–Crippen LogP) is 2.48. The van der Waals surface area contributed by atoms with Crippen LogP contribution in [0.4, 0.5) is 5.13 Å². The van der Waals surface area contributed by atoms with E-state index < -0.39 is 0 Å². The van der Waals surface area contributed by atoms with Gasteiger partial charge in [-0.2, -0.15) is 5.10 Å². The zero-order valence-corrected chi connectivity index (χ0v) is 11.0. The Balaban J connectivity index is 1.69. The maximum Gasteiger partial charge on any atom is 0.180 e. The van der Waals surface area contributed by atoms with Gasteiger partial charge in [0.15, 0.2) is 11.0 Å². The third-order valence-electron chi connectivity index (χ3n) is 3.44. The molecule has 18 heavy (non-hydrogen) atoms. The molecule has 0 saturated heterocycles. The number of anilines is 1. The molecule has 0 unspecified atom stereocenters. The molecule has 0 atom stereocenters. The van der Waals surface area contributed by atoms with Crippen molar-refractivity contribution in [2.75, 3.05) is 5.73 Å². The van der Waals surface area contributed by atoms with E-state index >= 15 is 0 Å². The first-order valence-corrected chi connectivity index (χ1v) is 7.30. The van der Waals surface area contributed by atoms with E-state index in [4.69, 9.17) is 5.73 Å². The van der Waals surface area contributed by atoms with Crippen molar-refractivity contribution < 1.29 is 0 Å². The molecule has 1 fully saturated rings. The number of hydrogen-bond donors (Lipinski definition) is 2. The Morgan fingerprint density at radius 2 is 2.11 bits per heavy atom. The summed E-state index contributed by atoms with van der Waals surface area (Å²) >= 11 is 1.46. The van der Waals surface area contributed by atoms with Gasteiger partial charge in [-0.3, -0.25) is 5.10 Å². The van der Waals surface area contributed by atoms with Gasteiger partial charge in [-0.25, -0.2) is 9.97 Å². The van der Waals surface area contributed by atoms with E-state index in [1.54, 1.807) is 0 Å². The molecule has 3 rings (SSSR count). The second-order valence-corrected chi connectivity index (χ2v) is 5.72. The van der Waals surface area contributed by atoms with Gasteiger partial charge >= 0.3 is 0 Å². The molecule has 6 heteroatoms. The smallest absolute Gasteiger partial charge is 0.180 e. The summed E-state index contributed by atoms with van der Waals surface area (Å²) in [6, 6.07) is 0. The standard InChI is InChI=1S/C12H17N5S/c13-12-14-9(7-18-12)6-10-15-11(17-16-10)8-4-2-1-3-5-8/h7-8H,1-6H2,(H2,13,14)(H,15,16,17). The van der Waals surface area contributed by atoms with Crippen molar-refractivity contribution in [3.8, 4) is 0 Å². The maximum atomic E-state index is 5.62. The largest absolute Gasteiger partial charge is 0.375 e. The van der Waals surface area contributed by atoms with Gasteiger partial charge in [-0.05, 0) is 12.8 Å². The van der Waals surface area contributed by atoms with Gasteiger partial charge < -0.3 is 5.73 Å². The van der Waals surface area contributed by atoms with Gasteiger partial charge in [0.25, 0.3) is 0 Å². The number of nitrogens with one attached hydrogen (secondary N) is 1. The third kappa shape index (κ3) is 2.53. The number of aromatic amines is 1. The second-order valence-electron chi connectivity index (χ2n) is 4.83. The van der Waals surface area contributed by atoms with Crippen molar-refractivity contribution in [3.05, 3.63) is 22.7 Å². The summed E-state index contributed by atoms with van der Waals surface area (Å²) in [5.74, 6) is 2.41.